The van der Waals surface area contributed by atoms with Gasteiger partial charge in [-0.1, -0.05) is 60.6 Å². The second kappa shape index (κ2) is 10.4. The molecule has 1 amide bonds. The molecular formula is C26H29N3O4S. The van der Waals surface area contributed by atoms with Crippen LogP contribution in [0, 0.1) is 12.8 Å². The van der Waals surface area contributed by atoms with Crippen molar-refractivity contribution >= 4 is 33.8 Å². The van der Waals surface area contributed by atoms with Crippen LogP contribution in [0.25, 0.3) is 12.2 Å². The van der Waals surface area contributed by atoms with Gasteiger partial charge in [0.2, 0.25) is 15.9 Å². The zero-order valence-corrected chi connectivity index (χ0v) is 20.2. The molecule has 178 valence electrons. The monoisotopic (exact) mass is 479 g/mol. The number of amides is 1. The summed E-state index contributed by atoms with van der Waals surface area (Å²) in [5.74, 6) is -0.419. The first kappa shape index (κ1) is 23.9. The number of anilines is 1. The maximum atomic E-state index is 13.6. The molecule has 34 heavy (non-hydrogen) atoms. The van der Waals surface area contributed by atoms with E-state index in [0.29, 0.717) is 30.8 Å². The smallest absolute Gasteiger partial charge is 0.248 e. The first-order valence-corrected chi connectivity index (χ1v) is 12.9. The summed E-state index contributed by atoms with van der Waals surface area (Å²) in [5.41, 5.74) is 3.12. The van der Waals surface area contributed by atoms with E-state index in [0.717, 1.165) is 12.0 Å². The number of sulfonamides is 1. The molecule has 7 nitrogen and oxygen atoms in total. The first-order valence-electron chi connectivity index (χ1n) is 11.5. The van der Waals surface area contributed by atoms with Crippen LogP contribution in [-0.4, -0.2) is 36.9 Å². The number of carbonyl (C=O) groups excluding carboxylic acids is 1. The van der Waals surface area contributed by atoms with Crippen LogP contribution in [0.1, 0.15) is 42.3 Å². The maximum absolute atomic E-state index is 13.6. The second-order valence-corrected chi connectivity index (χ2v) is 10.3. The number of benzene rings is 2. The van der Waals surface area contributed by atoms with Crippen molar-refractivity contribution in [3.63, 3.8) is 0 Å². The third kappa shape index (κ3) is 5.29. The minimum atomic E-state index is -3.89. The van der Waals surface area contributed by atoms with Crippen LogP contribution in [0.4, 0.5) is 5.69 Å². The molecule has 0 unspecified atom stereocenters. The third-order valence-corrected chi connectivity index (χ3v) is 8.07. The molecule has 8 heteroatoms. The Morgan fingerprint density at radius 2 is 1.88 bits per heavy atom. The summed E-state index contributed by atoms with van der Waals surface area (Å²) in [7, 11) is -3.89. The van der Waals surface area contributed by atoms with Crippen molar-refractivity contribution in [2.45, 2.75) is 38.0 Å². The Balaban J connectivity index is 1.51. The lowest BCUT2D eigenvalue weighted by Crippen LogP contribution is -2.43. The fraction of sp³-hybridized carbons (Fsp3) is 0.308. The summed E-state index contributed by atoms with van der Waals surface area (Å²) in [6, 6.07) is 17.3. The van der Waals surface area contributed by atoms with Gasteiger partial charge < -0.3 is 9.84 Å². The Hall–Kier alpha value is -3.23. The van der Waals surface area contributed by atoms with Gasteiger partial charge >= 0.3 is 0 Å². The highest BCUT2D eigenvalue weighted by molar-refractivity contribution is 7.89. The Kier molecular flexibility index (Phi) is 7.29. The molecular weight excluding hydrogens is 450 g/mol. The Labute approximate surface area is 200 Å². The molecule has 3 aromatic rings. The second-order valence-electron chi connectivity index (χ2n) is 8.45. The molecule has 1 aromatic heterocycles. The number of carbonyl (C=O) groups is 1. The van der Waals surface area contributed by atoms with Gasteiger partial charge in [-0.15, -0.1) is 0 Å². The highest BCUT2D eigenvalue weighted by Crippen LogP contribution is 2.29. The minimum absolute atomic E-state index is 0.0518. The lowest BCUT2D eigenvalue weighted by atomic mass is 9.98. The summed E-state index contributed by atoms with van der Waals surface area (Å²) >= 11 is 0. The fourth-order valence-corrected chi connectivity index (χ4v) is 5.88. The van der Waals surface area contributed by atoms with E-state index in [1.54, 1.807) is 19.1 Å². The predicted octanol–water partition coefficient (Wildman–Crippen LogP) is 4.76. The quantitative estimate of drug-likeness (QED) is 0.528. The number of aryl methyl sites for hydroxylation is 2. The van der Waals surface area contributed by atoms with Crippen LogP contribution in [0.3, 0.4) is 0 Å². The topological polar surface area (TPSA) is 92.5 Å². The number of rotatable bonds is 7. The molecule has 1 N–H and O–H groups in total. The molecule has 0 bridgehead atoms. The molecule has 0 radical (unpaired) electrons. The zero-order valence-electron chi connectivity index (χ0n) is 19.4. The fourth-order valence-electron chi connectivity index (χ4n) is 4.11. The molecule has 4 rings (SSSR count). The first-order chi connectivity index (χ1) is 16.4. The average Bonchev–Trinajstić information content (AvgIpc) is 3.25. The summed E-state index contributed by atoms with van der Waals surface area (Å²) in [6.07, 6.45) is 5.57. The minimum Gasteiger partial charge on any atom is -0.355 e. The van der Waals surface area contributed by atoms with Gasteiger partial charge in [-0.05, 0) is 55.5 Å². The number of nitrogens with zero attached hydrogens (tertiary/aromatic N) is 2. The molecule has 0 saturated carbocycles. The Morgan fingerprint density at radius 3 is 2.59 bits per heavy atom. The van der Waals surface area contributed by atoms with Crippen molar-refractivity contribution in [3.8, 4) is 0 Å². The zero-order chi connectivity index (χ0) is 24.1. The molecule has 0 aliphatic carbocycles. The van der Waals surface area contributed by atoms with Gasteiger partial charge in [0.05, 0.1) is 5.92 Å². The number of hydrogen-bond acceptors (Lipinski definition) is 5. The van der Waals surface area contributed by atoms with Gasteiger partial charge in [-0.2, -0.15) is 4.31 Å². The van der Waals surface area contributed by atoms with Crippen molar-refractivity contribution in [1.82, 2.24) is 9.46 Å². The molecule has 2 aromatic carbocycles. The van der Waals surface area contributed by atoms with Gasteiger partial charge in [-0.25, -0.2) is 8.42 Å². The number of hydrogen-bond donors (Lipinski definition) is 1. The van der Waals surface area contributed by atoms with E-state index in [1.807, 2.05) is 54.6 Å². The van der Waals surface area contributed by atoms with Gasteiger partial charge in [0.25, 0.3) is 0 Å². The standard InChI is InChI=1S/C26H29N3O4S/c1-3-20-11-14-23(15-12-20)27-26(30)22-10-7-17-29(18-22)34(31,32)25-19(2)28-33-24(25)16-13-21-8-5-4-6-9-21/h4-6,8-9,11-16,22H,3,7,10,17-18H2,1-2H3,(H,27,30)/b16-13+/t22-/m0/s1. The molecule has 1 aliphatic rings. The maximum Gasteiger partial charge on any atom is 0.248 e. The number of piperidine rings is 1. The summed E-state index contributed by atoms with van der Waals surface area (Å²) in [5, 5.41) is 6.83. The van der Waals surface area contributed by atoms with E-state index in [4.69, 9.17) is 4.52 Å². The van der Waals surface area contributed by atoms with E-state index in [9.17, 15) is 13.2 Å². The van der Waals surface area contributed by atoms with Crippen LogP contribution in [-0.2, 0) is 21.2 Å². The van der Waals surface area contributed by atoms with Gasteiger partial charge in [-0.3, -0.25) is 4.79 Å². The van der Waals surface area contributed by atoms with Crippen LogP contribution >= 0.6 is 0 Å². The lowest BCUT2D eigenvalue weighted by Gasteiger charge is -2.31. The third-order valence-electron chi connectivity index (χ3n) is 6.04. The highest BCUT2D eigenvalue weighted by atomic mass is 32.2. The molecule has 0 spiro atoms. The molecule has 1 saturated heterocycles. The van der Waals surface area contributed by atoms with E-state index in [-0.39, 0.29) is 23.1 Å². The average molecular weight is 480 g/mol. The Bertz CT molecular complexity index is 1270. The van der Waals surface area contributed by atoms with E-state index >= 15 is 0 Å². The van der Waals surface area contributed by atoms with Gasteiger partial charge in [0.1, 0.15) is 5.69 Å². The van der Waals surface area contributed by atoms with Crippen molar-refractivity contribution in [1.29, 1.82) is 0 Å². The van der Waals surface area contributed by atoms with Crippen molar-refractivity contribution in [3.05, 3.63) is 77.2 Å². The summed E-state index contributed by atoms with van der Waals surface area (Å²) < 4.78 is 33.8. The summed E-state index contributed by atoms with van der Waals surface area (Å²) in [6.45, 7) is 4.16. The van der Waals surface area contributed by atoms with E-state index in [1.165, 1.54) is 9.87 Å². The van der Waals surface area contributed by atoms with Crippen LogP contribution in [0.2, 0.25) is 0 Å². The highest BCUT2D eigenvalue weighted by Gasteiger charge is 2.36. The largest absolute Gasteiger partial charge is 0.355 e. The SMILES string of the molecule is CCc1ccc(NC(=O)[C@H]2CCCN(S(=O)(=O)c3c(C)noc3/C=C/c3ccccc3)C2)cc1. The van der Waals surface area contributed by atoms with E-state index in [2.05, 4.69) is 17.4 Å². The predicted molar refractivity (Wildman–Crippen MR) is 133 cm³/mol. The lowest BCUT2D eigenvalue weighted by molar-refractivity contribution is -0.120. The summed E-state index contributed by atoms with van der Waals surface area (Å²) in [4.78, 5) is 13.0. The number of nitrogens with one attached hydrogen (secondary N) is 1. The van der Waals surface area contributed by atoms with E-state index < -0.39 is 15.9 Å². The van der Waals surface area contributed by atoms with Crippen molar-refractivity contribution in [2.75, 3.05) is 18.4 Å². The normalized spacial score (nSPS) is 17.2. The van der Waals surface area contributed by atoms with Crippen molar-refractivity contribution < 1.29 is 17.7 Å². The van der Waals surface area contributed by atoms with Crippen molar-refractivity contribution in [2.24, 2.45) is 5.92 Å². The molecule has 1 fully saturated rings. The molecule has 1 atom stereocenters. The van der Waals surface area contributed by atoms with Crippen LogP contribution in [0.5, 0.6) is 0 Å². The van der Waals surface area contributed by atoms with Gasteiger partial charge in [0, 0.05) is 18.8 Å². The van der Waals surface area contributed by atoms with Gasteiger partial charge in [0.15, 0.2) is 10.7 Å². The van der Waals surface area contributed by atoms with Crippen LogP contribution < -0.4 is 5.32 Å². The molecule has 2 heterocycles. The molecule has 1 aliphatic heterocycles. The Morgan fingerprint density at radius 1 is 1.15 bits per heavy atom. The number of aromatic nitrogens is 1. The van der Waals surface area contributed by atoms with Crippen LogP contribution in [0.15, 0.2) is 64.0 Å².